The summed E-state index contributed by atoms with van der Waals surface area (Å²) in [5, 5.41) is 22.6. The van der Waals surface area contributed by atoms with Gasteiger partial charge < -0.3 is 14.9 Å². The molecule has 0 aliphatic heterocycles. The molecule has 138 valence electrons. The van der Waals surface area contributed by atoms with Gasteiger partial charge in [-0.05, 0) is 68.1 Å². The third kappa shape index (κ3) is 4.53. The number of nitrogens with one attached hydrogen (secondary N) is 1. The maximum atomic E-state index is 10.8. The molecule has 0 saturated heterocycles. The zero-order valence-corrected chi connectivity index (χ0v) is 15.6. The van der Waals surface area contributed by atoms with Crippen molar-refractivity contribution < 1.29 is 19.7 Å². The highest BCUT2D eigenvalue weighted by molar-refractivity contribution is 6.34. The molecule has 2 rings (SSSR count). The molecule has 0 unspecified atom stereocenters. The van der Waals surface area contributed by atoms with Crippen LogP contribution in [0.15, 0.2) is 35.4 Å². The van der Waals surface area contributed by atoms with Gasteiger partial charge in [0, 0.05) is 5.56 Å². The molecule has 0 aliphatic rings. The van der Waals surface area contributed by atoms with Gasteiger partial charge in [0.15, 0.2) is 0 Å². The number of carbonyl (C=O) groups is 1. The second kappa shape index (κ2) is 7.91. The second-order valence-electron chi connectivity index (χ2n) is 6.53. The van der Waals surface area contributed by atoms with Crippen molar-refractivity contribution in [2.45, 2.75) is 40.5 Å². The van der Waals surface area contributed by atoms with Crippen LogP contribution >= 0.6 is 0 Å². The van der Waals surface area contributed by atoms with Gasteiger partial charge in [0.1, 0.15) is 23.0 Å². The van der Waals surface area contributed by atoms with E-state index < -0.39 is 5.97 Å². The van der Waals surface area contributed by atoms with Gasteiger partial charge in [-0.25, -0.2) is 4.79 Å². The SMILES string of the molecule is C/C(=N/Nc1cc(C)c(Oc2ccc(O)c(C(C)C)c2)c(C)c1)C(=O)O. The van der Waals surface area contributed by atoms with Crippen LogP contribution in [0.5, 0.6) is 17.2 Å². The molecule has 26 heavy (non-hydrogen) atoms. The molecule has 2 aromatic rings. The Balaban J connectivity index is 2.27. The number of hydrogen-bond acceptors (Lipinski definition) is 5. The highest BCUT2D eigenvalue weighted by atomic mass is 16.5. The smallest absolute Gasteiger partial charge is 0.351 e. The number of ether oxygens (including phenoxy) is 1. The number of aryl methyl sites for hydroxylation is 2. The van der Waals surface area contributed by atoms with E-state index in [4.69, 9.17) is 9.84 Å². The fourth-order valence-electron chi connectivity index (χ4n) is 2.55. The summed E-state index contributed by atoms with van der Waals surface area (Å²) in [6.45, 7) is 9.25. The summed E-state index contributed by atoms with van der Waals surface area (Å²) in [6.07, 6.45) is 0. The molecule has 0 atom stereocenters. The lowest BCUT2D eigenvalue weighted by atomic mass is 10.0. The zero-order valence-electron chi connectivity index (χ0n) is 15.6. The van der Waals surface area contributed by atoms with Crippen molar-refractivity contribution in [1.82, 2.24) is 0 Å². The Morgan fingerprint density at radius 2 is 1.77 bits per heavy atom. The van der Waals surface area contributed by atoms with Crippen LogP contribution in [0.25, 0.3) is 0 Å². The van der Waals surface area contributed by atoms with Gasteiger partial charge in [-0.2, -0.15) is 5.10 Å². The molecular formula is C20H24N2O4. The number of carboxylic acids is 1. The molecule has 0 saturated carbocycles. The first-order valence-corrected chi connectivity index (χ1v) is 8.34. The Morgan fingerprint density at radius 1 is 1.15 bits per heavy atom. The van der Waals surface area contributed by atoms with E-state index in [1.807, 2.05) is 45.9 Å². The molecule has 0 fully saturated rings. The van der Waals surface area contributed by atoms with E-state index in [2.05, 4.69) is 10.5 Å². The second-order valence-corrected chi connectivity index (χ2v) is 6.53. The van der Waals surface area contributed by atoms with Gasteiger partial charge in [-0.15, -0.1) is 0 Å². The molecule has 0 aliphatic carbocycles. The van der Waals surface area contributed by atoms with E-state index in [9.17, 15) is 9.90 Å². The number of phenols is 1. The van der Waals surface area contributed by atoms with Crippen molar-refractivity contribution in [2.75, 3.05) is 5.43 Å². The summed E-state index contributed by atoms with van der Waals surface area (Å²) in [7, 11) is 0. The number of rotatable bonds is 6. The highest BCUT2D eigenvalue weighted by Gasteiger charge is 2.12. The van der Waals surface area contributed by atoms with Crippen LogP contribution in [0.2, 0.25) is 0 Å². The van der Waals surface area contributed by atoms with Crippen molar-refractivity contribution in [3.63, 3.8) is 0 Å². The minimum absolute atomic E-state index is 0.0223. The molecule has 0 spiro atoms. The van der Waals surface area contributed by atoms with E-state index in [-0.39, 0.29) is 17.4 Å². The summed E-state index contributed by atoms with van der Waals surface area (Å²) in [6, 6.07) is 8.88. The van der Waals surface area contributed by atoms with Crippen LogP contribution in [0.3, 0.4) is 0 Å². The Morgan fingerprint density at radius 3 is 2.31 bits per heavy atom. The van der Waals surface area contributed by atoms with Crippen LogP contribution in [-0.4, -0.2) is 21.9 Å². The normalized spacial score (nSPS) is 11.5. The molecule has 0 radical (unpaired) electrons. The third-order valence-electron chi connectivity index (χ3n) is 3.96. The molecule has 0 amide bonds. The molecule has 3 N–H and O–H groups in total. The summed E-state index contributed by atoms with van der Waals surface area (Å²) in [4.78, 5) is 10.8. The Bertz CT molecular complexity index is 834. The topological polar surface area (TPSA) is 91.2 Å². The van der Waals surface area contributed by atoms with E-state index in [1.54, 1.807) is 12.1 Å². The van der Waals surface area contributed by atoms with Gasteiger partial charge in [0.2, 0.25) is 0 Å². The lowest BCUT2D eigenvalue weighted by molar-refractivity contribution is -0.129. The van der Waals surface area contributed by atoms with Crippen molar-refractivity contribution in [3.05, 3.63) is 47.0 Å². The molecule has 6 nitrogen and oxygen atoms in total. The fraction of sp³-hybridized carbons (Fsp3) is 0.300. The molecule has 0 bridgehead atoms. The molecular weight excluding hydrogens is 332 g/mol. The first kappa shape index (κ1) is 19.3. The lowest BCUT2D eigenvalue weighted by Crippen LogP contribution is -2.10. The van der Waals surface area contributed by atoms with Gasteiger partial charge >= 0.3 is 5.97 Å². The van der Waals surface area contributed by atoms with Crippen LogP contribution in [-0.2, 0) is 4.79 Å². The monoisotopic (exact) mass is 356 g/mol. The fourth-order valence-corrected chi connectivity index (χ4v) is 2.55. The lowest BCUT2D eigenvalue weighted by Gasteiger charge is -2.16. The largest absolute Gasteiger partial charge is 0.508 e. The van der Waals surface area contributed by atoms with Gasteiger partial charge in [-0.1, -0.05) is 13.8 Å². The number of hydrogen-bond donors (Lipinski definition) is 3. The first-order chi connectivity index (χ1) is 12.2. The number of anilines is 1. The number of benzene rings is 2. The summed E-state index contributed by atoms with van der Waals surface area (Å²) in [5.41, 5.74) is 6.00. The predicted molar refractivity (Wildman–Crippen MR) is 103 cm³/mol. The van der Waals surface area contributed by atoms with Crippen LogP contribution in [0, 0.1) is 13.8 Å². The summed E-state index contributed by atoms with van der Waals surface area (Å²) < 4.78 is 6.04. The maximum Gasteiger partial charge on any atom is 0.351 e. The standard InChI is InChI=1S/C20H24N2O4/c1-11(2)17-10-16(6-7-18(17)23)26-19-12(3)8-15(9-13(19)4)22-21-14(5)20(24)25/h6-11,22-23H,1-5H3,(H,24,25)/b21-14-. The zero-order chi connectivity index (χ0) is 19.4. The van der Waals surface area contributed by atoms with Crippen molar-refractivity contribution >= 4 is 17.4 Å². The maximum absolute atomic E-state index is 10.8. The van der Waals surface area contributed by atoms with Crippen molar-refractivity contribution in [1.29, 1.82) is 0 Å². The van der Waals surface area contributed by atoms with Crippen molar-refractivity contribution in [2.24, 2.45) is 5.10 Å². The van der Waals surface area contributed by atoms with Crippen molar-refractivity contribution in [3.8, 4) is 17.2 Å². The number of hydrazone groups is 1. The Kier molecular flexibility index (Phi) is 5.87. The summed E-state index contributed by atoms with van der Waals surface area (Å²) >= 11 is 0. The van der Waals surface area contributed by atoms with E-state index in [0.29, 0.717) is 11.4 Å². The Labute approximate surface area is 153 Å². The molecule has 6 heteroatoms. The molecule has 2 aromatic carbocycles. The van der Waals surface area contributed by atoms with Crippen LogP contribution < -0.4 is 10.2 Å². The highest BCUT2D eigenvalue weighted by Crippen LogP contribution is 2.35. The Hall–Kier alpha value is -3.02. The van der Waals surface area contributed by atoms with Gasteiger partial charge in [-0.3, -0.25) is 5.43 Å². The molecule has 0 heterocycles. The van der Waals surface area contributed by atoms with E-state index >= 15 is 0 Å². The summed E-state index contributed by atoms with van der Waals surface area (Å²) in [5.74, 6) is 0.738. The third-order valence-corrected chi connectivity index (χ3v) is 3.96. The number of nitrogens with zero attached hydrogens (tertiary/aromatic N) is 1. The number of phenolic OH excluding ortho intramolecular Hbond substituents is 1. The van der Waals surface area contributed by atoms with Crippen LogP contribution in [0.4, 0.5) is 5.69 Å². The van der Waals surface area contributed by atoms with Crippen LogP contribution in [0.1, 0.15) is 43.4 Å². The van der Waals surface area contributed by atoms with Gasteiger partial charge in [0.25, 0.3) is 0 Å². The predicted octanol–water partition coefficient (Wildman–Crippen LogP) is 4.80. The number of carboxylic acid groups (broad SMARTS) is 1. The minimum Gasteiger partial charge on any atom is -0.508 e. The quantitative estimate of drug-likeness (QED) is 0.511. The van der Waals surface area contributed by atoms with E-state index in [0.717, 1.165) is 22.4 Å². The van der Waals surface area contributed by atoms with E-state index in [1.165, 1.54) is 6.92 Å². The average molecular weight is 356 g/mol. The number of aliphatic carboxylic acids is 1. The molecule has 0 aromatic heterocycles. The minimum atomic E-state index is -1.07. The van der Waals surface area contributed by atoms with Gasteiger partial charge in [0.05, 0.1) is 5.69 Å². The first-order valence-electron chi connectivity index (χ1n) is 8.34. The number of aromatic hydroxyl groups is 1. The average Bonchev–Trinajstić information content (AvgIpc) is 2.56.